The van der Waals surface area contributed by atoms with E-state index in [0.717, 1.165) is 31.3 Å². The summed E-state index contributed by atoms with van der Waals surface area (Å²) in [5.41, 5.74) is -1.12. The average Bonchev–Trinajstić information content (AvgIpc) is 3.35. The van der Waals surface area contributed by atoms with Gasteiger partial charge >= 0.3 is 11.9 Å². The number of esters is 2. The number of fused-ring (bicyclic) bond motifs is 5. The Morgan fingerprint density at radius 1 is 1.10 bits per heavy atom. The summed E-state index contributed by atoms with van der Waals surface area (Å²) in [7, 11) is 0. The lowest BCUT2D eigenvalue weighted by molar-refractivity contribution is -0.313. The van der Waals surface area contributed by atoms with Crippen LogP contribution in [0.2, 0.25) is 0 Å². The molecular weight excluding hydrogens is 512 g/mol. The quantitative estimate of drug-likeness (QED) is 0.289. The summed E-state index contributed by atoms with van der Waals surface area (Å²) < 4.78 is 22.9. The Kier molecular flexibility index (Phi) is 6.69. The van der Waals surface area contributed by atoms with Crippen LogP contribution in [0.4, 0.5) is 0 Å². The molecule has 2 heterocycles. The molecule has 218 valence electrons. The number of ether oxygens (including phenoxy) is 4. The van der Waals surface area contributed by atoms with Crippen molar-refractivity contribution in [3.05, 3.63) is 11.6 Å². The standard InChI is InChI=1S/C28H40O11/c1-13(30)37-25-27-8-5-16-15-9-20(31)38-17(15)6-7-26(16,2)19(27)4-3-14(10-27)28(25,35)12-36-24-23(34)22(33)21(32)18(11-29)39-24/h9,14,16-19,21-25,29,32-35H,3-8,10-12H2,1-2H3/t14-,16+,17+,18+,19-,21+,22-,23+,24+,25+,26+,27+,28-/m0/s1. The molecule has 0 aromatic rings. The fourth-order valence-corrected chi connectivity index (χ4v) is 9.53. The van der Waals surface area contributed by atoms with Crippen LogP contribution in [0.1, 0.15) is 58.8 Å². The Morgan fingerprint density at radius 2 is 1.87 bits per heavy atom. The van der Waals surface area contributed by atoms with Gasteiger partial charge in [0.15, 0.2) is 6.29 Å². The number of aliphatic hydroxyl groups excluding tert-OH is 4. The molecule has 11 heteroatoms. The summed E-state index contributed by atoms with van der Waals surface area (Å²) in [5.74, 6) is -0.674. The van der Waals surface area contributed by atoms with Crippen molar-refractivity contribution in [3.8, 4) is 0 Å². The zero-order valence-corrected chi connectivity index (χ0v) is 22.4. The Labute approximate surface area is 227 Å². The van der Waals surface area contributed by atoms with Gasteiger partial charge in [0.25, 0.3) is 0 Å². The highest BCUT2D eigenvalue weighted by molar-refractivity contribution is 5.86. The molecule has 4 saturated carbocycles. The summed E-state index contributed by atoms with van der Waals surface area (Å²) in [4.78, 5) is 24.5. The van der Waals surface area contributed by atoms with E-state index < -0.39 is 60.4 Å². The smallest absolute Gasteiger partial charge is 0.331 e. The fourth-order valence-electron chi connectivity index (χ4n) is 9.53. The van der Waals surface area contributed by atoms with E-state index in [1.165, 1.54) is 6.92 Å². The zero-order valence-electron chi connectivity index (χ0n) is 22.4. The van der Waals surface area contributed by atoms with Crippen molar-refractivity contribution < 1.29 is 54.1 Å². The van der Waals surface area contributed by atoms with Crippen LogP contribution < -0.4 is 0 Å². The molecular formula is C28H40O11. The van der Waals surface area contributed by atoms with E-state index in [1.54, 1.807) is 6.08 Å². The van der Waals surface area contributed by atoms with Gasteiger partial charge in [-0.05, 0) is 73.7 Å². The van der Waals surface area contributed by atoms with Gasteiger partial charge in [-0.2, -0.15) is 0 Å². The third kappa shape index (κ3) is 3.95. The monoisotopic (exact) mass is 552 g/mol. The minimum absolute atomic E-state index is 0.142. The van der Waals surface area contributed by atoms with Gasteiger partial charge in [-0.3, -0.25) is 4.79 Å². The molecule has 0 unspecified atom stereocenters. The van der Waals surface area contributed by atoms with Crippen molar-refractivity contribution >= 4 is 11.9 Å². The molecule has 39 heavy (non-hydrogen) atoms. The van der Waals surface area contributed by atoms with Crippen molar-refractivity contribution in [2.24, 2.45) is 28.6 Å². The molecule has 2 bridgehead atoms. The number of carbonyl (C=O) groups is 2. The highest BCUT2D eigenvalue weighted by Crippen LogP contribution is 2.72. The highest BCUT2D eigenvalue weighted by atomic mass is 16.7. The summed E-state index contributed by atoms with van der Waals surface area (Å²) in [5, 5.41) is 52.5. The van der Waals surface area contributed by atoms with Crippen molar-refractivity contribution in [2.45, 2.75) is 107 Å². The van der Waals surface area contributed by atoms with Gasteiger partial charge in [0.05, 0.1) is 13.2 Å². The normalized spacial score (nSPS) is 52.3. The van der Waals surface area contributed by atoms with E-state index in [0.29, 0.717) is 19.3 Å². The van der Waals surface area contributed by atoms with E-state index in [4.69, 9.17) is 18.9 Å². The predicted octanol–water partition coefficient (Wildman–Crippen LogP) is -0.0561. The lowest BCUT2D eigenvalue weighted by Crippen LogP contribution is -2.61. The van der Waals surface area contributed by atoms with Crippen LogP contribution in [0.15, 0.2) is 11.6 Å². The van der Waals surface area contributed by atoms with Crippen LogP contribution in [0.3, 0.4) is 0 Å². The van der Waals surface area contributed by atoms with Gasteiger partial charge in [-0.1, -0.05) is 6.92 Å². The Balaban J connectivity index is 1.29. The second-order valence-electron chi connectivity index (χ2n) is 13.0. The topological polar surface area (TPSA) is 172 Å². The summed E-state index contributed by atoms with van der Waals surface area (Å²) >= 11 is 0. The Bertz CT molecular complexity index is 1040. The number of hydrogen-bond acceptors (Lipinski definition) is 11. The first kappa shape index (κ1) is 27.6. The molecule has 5 N–H and O–H groups in total. The molecule has 6 rings (SSSR count). The van der Waals surface area contributed by atoms with Gasteiger partial charge < -0.3 is 44.5 Å². The van der Waals surface area contributed by atoms with E-state index in [9.17, 15) is 35.1 Å². The third-order valence-electron chi connectivity index (χ3n) is 11.2. The van der Waals surface area contributed by atoms with Crippen LogP contribution in [0.25, 0.3) is 0 Å². The number of carbonyl (C=O) groups excluding carboxylic acids is 2. The second kappa shape index (κ2) is 9.47. The van der Waals surface area contributed by atoms with Crippen LogP contribution >= 0.6 is 0 Å². The first-order chi connectivity index (χ1) is 18.4. The molecule has 11 nitrogen and oxygen atoms in total. The van der Waals surface area contributed by atoms with Crippen molar-refractivity contribution in [1.29, 1.82) is 0 Å². The van der Waals surface area contributed by atoms with Gasteiger partial charge in [0, 0.05) is 18.4 Å². The maximum atomic E-state index is 12.4. The molecule has 0 aromatic carbocycles. The minimum Gasteiger partial charge on any atom is -0.459 e. The Morgan fingerprint density at radius 3 is 2.59 bits per heavy atom. The number of hydrogen-bond donors (Lipinski definition) is 5. The van der Waals surface area contributed by atoms with Crippen LogP contribution in [-0.4, -0.2) is 99.2 Å². The van der Waals surface area contributed by atoms with Gasteiger partial charge in [-0.25, -0.2) is 4.79 Å². The molecule has 1 saturated heterocycles. The largest absolute Gasteiger partial charge is 0.459 e. The zero-order chi connectivity index (χ0) is 27.9. The maximum Gasteiger partial charge on any atom is 0.331 e. The Hall–Kier alpha value is -1.60. The molecule has 0 aromatic heterocycles. The minimum atomic E-state index is -1.60. The fraction of sp³-hybridized carbons (Fsp3) is 0.857. The lowest BCUT2D eigenvalue weighted by atomic mass is 9.44. The average molecular weight is 553 g/mol. The van der Waals surface area contributed by atoms with Crippen molar-refractivity contribution in [3.63, 3.8) is 0 Å². The second-order valence-corrected chi connectivity index (χ2v) is 13.0. The molecule has 4 aliphatic carbocycles. The molecule has 13 atom stereocenters. The van der Waals surface area contributed by atoms with Crippen LogP contribution in [0.5, 0.6) is 0 Å². The highest BCUT2D eigenvalue weighted by Gasteiger charge is 2.73. The summed E-state index contributed by atoms with van der Waals surface area (Å²) in [6.45, 7) is 2.70. The SMILES string of the molecule is CC(=O)O[C@H]1[C@](O)(CO[C@@H]2O[C@H](CO)[C@@H](O)[C@H](O)[C@H]2O)[C@H]2CC[C@H]3[C@]4(C)CC[C@H]5OC(=O)C=C5[C@H]4CC[C@@]31C2. The number of aliphatic hydroxyl groups is 5. The predicted molar refractivity (Wildman–Crippen MR) is 132 cm³/mol. The molecule has 2 aliphatic heterocycles. The lowest BCUT2D eigenvalue weighted by Gasteiger charge is -2.61. The van der Waals surface area contributed by atoms with Gasteiger partial charge in [-0.15, -0.1) is 0 Å². The van der Waals surface area contributed by atoms with Gasteiger partial charge in [0.1, 0.15) is 42.2 Å². The molecule has 5 fully saturated rings. The van der Waals surface area contributed by atoms with Crippen LogP contribution in [0, 0.1) is 28.6 Å². The molecule has 0 radical (unpaired) electrons. The third-order valence-corrected chi connectivity index (χ3v) is 11.2. The van der Waals surface area contributed by atoms with E-state index in [2.05, 4.69) is 6.92 Å². The summed E-state index contributed by atoms with van der Waals surface area (Å²) in [6, 6.07) is 0. The first-order valence-electron chi connectivity index (χ1n) is 14.2. The van der Waals surface area contributed by atoms with E-state index in [-0.39, 0.29) is 41.8 Å². The van der Waals surface area contributed by atoms with Crippen LogP contribution in [-0.2, 0) is 28.5 Å². The van der Waals surface area contributed by atoms with E-state index in [1.807, 2.05) is 0 Å². The van der Waals surface area contributed by atoms with Crippen molar-refractivity contribution in [2.75, 3.05) is 13.2 Å². The summed E-state index contributed by atoms with van der Waals surface area (Å²) in [6.07, 6.45) is -1.27. The molecule has 1 spiro atoms. The van der Waals surface area contributed by atoms with Gasteiger partial charge in [0.2, 0.25) is 0 Å². The van der Waals surface area contributed by atoms with Crippen molar-refractivity contribution in [1.82, 2.24) is 0 Å². The first-order valence-corrected chi connectivity index (χ1v) is 14.2. The van der Waals surface area contributed by atoms with E-state index >= 15 is 0 Å². The number of rotatable bonds is 5. The molecule has 0 amide bonds. The maximum absolute atomic E-state index is 12.4. The molecule has 6 aliphatic rings.